The van der Waals surface area contributed by atoms with Crippen molar-refractivity contribution in [1.29, 1.82) is 0 Å². The van der Waals surface area contributed by atoms with Crippen LogP contribution in [0.1, 0.15) is 40.5 Å². The van der Waals surface area contributed by atoms with Gasteiger partial charge >= 0.3 is 0 Å². The molecule has 0 unspecified atom stereocenters. The maximum absolute atomic E-state index is 3.45. The standard InChI is InChI=1S/C10H19Br/c1-9(2)8-10(3,4)6-5-7-11/h8H,5-7H2,1-4H3. The van der Waals surface area contributed by atoms with Crippen LogP contribution in [-0.4, -0.2) is 5.33 Å². The molecule has 0 aliphatic heterocycles. The van der Waals surface area contributed by atoms with Crippen molar-refractivity contribution in [1.82, 2.24) is 0 Å². The third-order valence-electron chi connectivity index (χ3n) is 1.63. The topological polar surface area (TPSA) is 0 Å². The van der Waals surface area contributed by atoms with Crippen molar-refractivity contribution in [3.63, 3.8) is 0 Å². The first-order valence-corrected chi connectivity index (χ1v) is 5.32. The maximum atomic E-state index is 3.45. The Bertz CT molecular complexity index is 130. The number of rotatable bonds is 4. The van der Waals surface area contributed by atoms with Crippen molar-refractivity contribution < 1.29 is 0 Å². The summed E-state index contributed by atoms with van der Waals surface area (Å²) in [7, 11) is 0. The summed E-state index contributed by atoms with van der Waals surface area (Å²) in [5.41, 5.74) is 1.80. The SMILES string of the molecule is CC(C)=CC(C)(C)CCCBr. The molecule has 0 amide bonds. The fraction of sp³-hybridized carbons (Fsp3) is 0.800. The zero-order chi connectivity index (χ0) is 8.91. The van der Waals surface area contributed by atoms with Crippen LogP contribution in [0.25, 0.3) is 0 Å². The first-order valence-electron chi connectivity index (χ1n) is 4.20. The molecule has 0 bridgehead atoms. The van der Waals surface area contributed by atoms with E-state index in [1.54, 1.807) is 0 Å². The predicted octanol–water partition coefficient (Wildman–Crippen LogP) is 4.15. The highest BCUT2D eigenvalue weighted by Crippen LogP contribution is 2.25. The highest BCUT2D eigenvalue weighted by molar-refractivity contribution is 9.09. The van der Waals surface area contributed by atoms with Crippen LogP contribution >= 0.6 is 15.9 Å². The van der Waals surface area contributed by atoms with Crippen molar-refractivity contribution in [3.05, 3.63) is 11.6 Å². The fourth-order valence-electron chi connectivity index (χ4n) is 1.38. The highest BCUT2D eigenvalue weighted by atomic mass is 79.9. The van der Waals surface area contributed by atoms with Crippen molar-refractivity contribution in [2.45, 2.75) is 40.5 Å². The molecule has 0 aliphatic carbocycles. The molecule has 11 heavy (non-hydrogen) atoms. The van der Waals surface area contributed by atoms with Gasteiger partial charge in [0.25, 0.3) is 0 Å². The van der Waals surface area contributed by atoms with Crippen LogP contribution < -0.4 is 0 Å². The van der Waals surface area contributed by atoms with Gasteiger partial charge in [0, 0.05) is 5.33 Å². The zero-order valence-electron chi connectivity index (χ0n) is 8.08. The molecule has 0 radical (unpaired) electrons. The first kappa shape index (κ1) is 11.2. The van der Waals surface area contributed by atoms with Gasteiger partial charge in [-0.25, -0.2) is 0 Å². The lowest BCUT2D eigenvalue weighted by Crippen LogP contribution is -2.07. The Morgan fingerprint density at radius 2 is 1.91 bits per heavy atom. The van der Waals surface area contributed by atoms with E-state index in [0.717, 1.165) is 5.33 Å². The first-order chi connectivity index (χ1) is 4.98. The average Bonchev–Trinajstić information content (AvgIpc) is 1.81. The van der Waals surface area contributed by atoms with Crippen LogP contribution in [0.5, 0.6) is 0 Å². The maximum Gasteiger partial charge on any atom is 0.00316 e. The second kappa shape index (κ2) is 4.97. The van der Waals surface area contributed by atoms with Gasteiger partial charge in [-0.1, -0.05) is 41.4 Å². The lowest BCUT2D eigenvalue weighted by molar-refractivity contribution is 0.431. The number of hydrogen-bond acceptors (Lipinski definition) is 0. The Balaban J connectivity index is 3.90. The second-order valence-electron chi connectivity index (χ2n) is 4.00. The Morgan fingerprint density at radius 1 is 1.36 bits per heavy atom. The monoisotopic (exact) mass is 218 g/mol. The number of halogens is 1. The minimum Gasteiger partial charge on any atom is -0.0928 e. The van der Waals surface area contributed by atoms with Gasteiger partial charge in [0.1, 0.15) is 0 Å². The fourth-order valence-corrected chi connectivity index (χ4v) is 1.66. The van der Waals surface area contributed by atoms with Crippen LogP contribution in [0.15, 0.2) is 11.6 Å². The summed E-state index contributed by atoms with van der Waals surface area (Å²) in [6.07, 6.45) is 4.88. The normalized spacial score (nSPS) is 11.4. The van der Waals surface area contributed by atoms with Gasteiger partial charge in [-0.3, -0.25) is 0 Å². The number of hydrogen-bond donors (Lipinski definition) is 0. The van der Waals surface area contributed by atoms with Crippen LogP contribution in [0.4, 0.5) is 0 Å². The van der Waals surface area contributed by atoms with Crippen molar-refractivity contribution >= 4 is 15.9 Å². The molecule has 0 saturated heterocycles. The Labute approximate surface area is 79.2 Å². The molecule has 0 spiro atoms. The molecular weight excluding hydrogens is 200 g/mol. The van der Waals surface area contributed by atoms with Gasteiger partial charge in [-0.2, -0.15) is 0 Å². The third kappa shape index (κ3) is 6.61. The van der Waals surface area contributed by atoms with Crippen LogP contribution in [0.2, 0.25) is 0 Å². The van der Waals surface area contributed by atoms with Gasteiger partial charge in [0.15, 0.2) is 0 Å². The van der Waals surface area contributed by atoms with Crippen LogP contribution in [0, 0.1) is 5.41 Å². The summed E-state index contributed by atoms with van der Waals surface area (Å²) in [6.45, 7) is 8.91. The number of alkyl halides is 1. The lowest BCUT2D eigenvalue weighted by Gasteiger charge is -2.20. The average molecular weight is 219 g/mol. The molecule has 0 aromatic rings. The molecule has 1 heteroatoms. The van der Waals surface area contributed by atoms with E-state index in [2.05, 4.69) is 49.7 Å². The lowest BCUT2D eigenvalue weighted by atomic mass is 9.86. The van der Waals surface area contributed by atoms with Gasteiger partial charge in [0.2, 0.25) is 0 Å². The van der Waals surface area contributed by atoms with E-state index in [9.17, 15) is 0 Å². The van der Waals surface area contributed by atoms with E-state index in [1.165, 1.54) is 18.4 Å². The summed E-state index contributed by atoms with van der Waals surface area (Å²) in [5.74, 6) is 0. The second-order valence-corrected chi connectivity index (χ2v) is 4.80. The van der Waals surface area contributed by atoms with Crippen LogP contribution in [-0.2, 0) is 0 Å². The minimum absolute atomic E-state index is 0.382. The molecular formula is C10H19Br. The molecule has 0 heterocycles. The summed E-state index contributed by atoms with van der Waals surface area (Å²) in [6, 6.07) is 0. The summed E-state index contributed by atoms with van der Waals surface area (Å²) < 4.78 is 0. The molecule has 0 nitrogen and oxygen atoms in total. The van der Waals surface area contributed by atoms with Gasteiger partial charge in [-0.15, -0.1) is 0 Å². The van der Waals surface area contributed by atoms with E-state index < -0.39 is 0 Å². The van der Waals surface area contributed by atoms with Gasteiger partial charge < -0.3 is 0 Å². The Kier molecular flexibility index (Phi) is 5.07. The summed E-state index contributed by atoms with van der Waals surface area (Å²) in [5, 5.41) is 1.12. The molecule has 66 valence electrons. The summed E-state index contributed by atoms with van der Waals surface area (Å²) in [4.78, 5) is 0. The van der Waals surface area contributed by atoms with Gasteiger partial charge in [0.05, 0.1) is 0 Å². The van der Waals surface area contributed by atoms with E-state index in [1.807, 2.05) is 0 Å². The third-order valence-corrected chi connectivity index (χ3v) is 2.19. The molecule has 0 aromatic carbocycles. The quantitative estimate of drug-likeness (QED) is 0.492. The molecule has 0 aromatic heterocycles. The predicted molar refractivity (Wildman–Crippen MR) is 56.2 cm³/mol. The van der Waals surface area contributed by atoms with E-state index >= 15 is 0 Å². The van der Waals surface area contributed by atoms with E-state index in [-0.39, 0.29) is 0 Å². The zero-order valence-corrected chi connectivity index (χ0v) is 9.66. The van der Waals surface area contributed by atoms with Gasteiger partial charge in [-0.05, 0) is 32.1 Å². The van der Waals surface area contributed by atoms with Crippen molar-refractivity contribution in [3.8, 4) is 0 Å². The number of allylic oxidation sites excluding steroid dienone is 2. The Hall–Kier alpha value is 0.220. The van der Waals surface area contributed by atoms with Crippen molar-refractivity contribution in [2.24, 2.45) is 5.41 Å². The van der Waals surface area contributed by atoms with E-state index in [4.69, 9.17) is 0 Å². The van der Waals surface area contributed by atoms with Crippen LogP contribution in [0.3, 0.4) is 0 Å². The highest BCUT2D eigenvalue weighted by Gasteiger charge is 2.12. The molecule has 0 rings (SSSR count). The largest absolute Gasteiger partial charge is 0.0928 e. The molecule has 0 N–H and O–H groups in total. The molecule has 0 fully saturated rings. The minimum atomic E-state index is 0.382. The van der Waals surface area contributed by atoms with E-state index in [0.29, 0.717) is 5.41 Å². The summed E-state index contributed by atoms with van der Waals surface area (Å²) >= 11 is 3.45. The molecule has 0 atom stereocenters. The molecule has 0 saturated carbocycles. The molecule has 0 aliphatic rings. The smallest absolute Gasteiger partial charge is 0.00316 e. The van der Waals surface area contributed by atoms with Crippen molar-refractivity contribution in [2.75, 3.05) is 5.33 Å². The Morgan fingerprint density at radius 3 is 2.27 bits per heavy atom.